The van der Waals surface area contributed by atoms with E-state index in [1.54, 1.807) is 0 Å². The van der Waals surface area contributed by atoms with Crippen molar-refractivity contribution in [2.24, 2.45) is 5.92 Å². The first-order valence-corrected chi connectivity index (χ1v) is 8.11. The van der Waals surface area contributed by atoms with Crippen LogP contribution >= 0.6 is 0 Å². The van der Waals surface area contributed by atoms with Crippen LogP contribution in [0.2, 0.25) is 0 Å². The fraction of sp³-hybridized carbons (Fsp3) is 1.00. The van der Waals surface area contributed by atoms with E-state index in [0.29, 0.717) is 6.04 Å². The van der Waals surface area contributed by atoms with Crippen LogP contribution < -0.4 is 5.32 Å². The first-order valence-electron chi connectivity index (χ1n) is 8.11. The lowest BCUT2D eigenvalue weighted by atomic mass is 10.0. The molecular weight excluding hydrogens is 234 g/mol. The third kappa shape index (κ3) is 7.28. The third-order valence-electron chi connectivity index (χ3n) is 4.31. The molecule has 3 nitrogen and oxygen atoms in total. The van der Waals surface area contributed by atoms with Gasteiger partial charge in [0.1, 0.15) is 0 Å². The highest BCUT2D eigenvalue weighted by Gasteiger charge is 2.20. The van der Waals surface area contributed by atoms with Gasteiger partial charge in [-0.2, -0.15) is 0 Å². The van der Waals surface area contributed by atoms with Gasteiger partial charge in [-0.3, -0.25) is 0 Å². The zero-order valence-electron chi connectivity index (χ0n) is 13.8. The minimum Gasteiger partial charge on any atom is -0.313 e. The maximum Gasteiger partial charge on any atom is 0.0217 e. The fourth-order valence-electron chi connectivity index (χ4n) is 2.81. The van der Waals surface area contributed by atoms with E-state index in [4.69, 9.17) is 0 Å². The molecule has 114 valence electrons. The maximum absolute atomic E-state index is 3.67. The number of nitrogens with one attached hydrogen (secondary N) is 1. The molecular formula is C16H35N3. The molecule has 0 amide bonds. The molecule has 0 aromatic heterocycles. The summed E-state index contributed by atoms with van der Waals surface area (Å²) in [5.74, 6) is 0.826. The van der Waals surface area contributed by atoms with Gasteiger partial charge >= 0.3 is 0 Å². The van der Waals surface area contributed by atoms with E-state index >= 15 is 0 Å². The van der Waals surface area contributed by atoms with Crippen molar-refractivity contribution in [1.29, 1.82) is 0 Å². The van der Waals surface area contributed by atoms with Gasteiger partial charge in [0.05, 0.1) is 0 Å². The van der Waals surface area contributed by atoms with Crippen molar-refractivity contribution < 1.29 is 0 Å². The molecule has 19 heavy (non-hydrogen) atoms. The van der Waals surface area contributed by atoms with E-state index in [-0.39, 0.29) is 0 Å². The molecule has 2 atom stereocenters. The Morgan fingerprint density at radius 1 is 1.21 bits per heavy atom. The zero-order chi connectivity index (χ0) is 14.3. The van der Waals surface area contributed by atoms with Crippen LogP contribution in [-0.2, 0) is 0 Å². The van der Waals surface area contributed by atoms with Gasteiger partial charge in [-0.15, -0.1) is 0 Å². The van der Waals surface area contributed by atoms with E-state index in [1.807, 2.05) is 0 Å². The highest BCUT2D eigenvalue weighted by Crippen LogP contribution is 2.13. The summed E-state index contributed by atoms with van der Waals surface area (Å²) < 4.78 is 0. The van der Waals surface area contributed by atoms with Crippen LogP contribution in [0.4, 0.5) is 0 Å². The van der Waals surface area contributed by atoms with Crippen molar-refractivity contribution >= 4 is 0 Å². The molecule has 0 aliphatic carbocycles. The topological polar surface area (TPSA) is 18.5 Å². The van der Waals surface area contributed by atoms with Crippen molar-refractivity contribution in [3.8, 4) is 0 Å². The third-order valence-corrected chi connectivity index (χ3v) is 4.31. The van der Waals surface area contributed by atoms with Crippen LogP contribution in [-0.4, -0.2) is 62.2 Å². The molecule has 0 aromatic rings. The van der Waals surface area contributed by atoms with Crippen molar-refractivity contribution in [2.75, 3.05) is 40.3 Å². The van der Waals surface area contributed by atoms with E-state index in [9.17, 15) is 0 Å². The molecule has 1 rings (SSSR count). The Morgan fingerprint density at radius 2 is 1.95 bits per heavy atom. The Kier molecular flexibility index (Phi) is 7.96. The zero-order valence-corrected chi connectivity index (χ0v) is 13.8. The second-order valence-electron chi connectivity index (χ2n) is 6.89. The van der Waals surface area contributed by atoms with E-state index in [1.165, 1.54) is 45.3 Å². The second kappa shape index (κ2) is 8.93. The highest BCUT2D eigenvalue weighted by molar-refractivity contribution is 4.78. The van der Waals surface area contributed by atoms with Crippen molar-refractivity contribution in [1.82, 2.24) is 15.1 Å². The van der Waals surface area contributed by atoms with Crippen LogP contribution in [0, 0.1) is 5.92 Å². The summed E-state index contributed by atoms with van der Waals surface area (Å²) in [4.78, 5) is 5.00. The first kappa shape index (κ1) is 16.9. The molecule has 0 saturated carbocycles. The number of likely N-dealkylation sites (tertiary alicyclic amines) is 1. The molecule has 0 spiro atoms. The Labute approximate surface area is 120 Å². The molecule has 1 aliphatic rings. The summed E-state index contributed by atoms with van der Waals surface area (Å²) in [6.45, 7) is 11.8. The number of rotatable bonds is 8. The largest absolute Gasteiger partial charge is 0.313 e. The van der Waals surface area contributed by atoms with Crippen molar-refractivity contribution in [2.45, 2.75) is 58.5 Å². The standard InChI is InChI=1S/C16H35N3/c1-14(2)8-9-15(3)17-10-12-19-11-6-7-16(13-19)18(4)5/h14-17H,6-13H2,1-5H3. The smallest absolute Gasteiger partial charge is 0.0217 e. The van der Waals surface area contributed by atoms with E-state index in [2.05, 4.69) is 50.0 Å². The van der Waals surface area contributed by atoms with Gasteiger partial charge in [-0.1, -0.05) is 13.8 Å². The van der Waals surface area contributed by atoms with Crippen molar-refractivity contribution in [3.05, 3.63) is 0 Å². The molecule has 0 aromatic carbocycles. The molecule has 1 aliphatic heterocycles. The number of hydrogen-bond donors (Lipinski definition) is 1. The number of likely N-dealkylation sites (N-methyl/N-ethyl adjacent to an activating group) is 1. The van der Waals surface area contributed by atoms with Crippen LogP contribution in [0.3, 0.4) is 0 Å². The van der Waals surface area contributed by atoms with Crippen LogP contribution in [0.15, 0.2) is 0 Å². The number of piperidine rings is 1. The number of nitrogens with zero attached hydrogens (tertiary/aromatic N) is 2. The quantitative estimate of drug-likeness (QED) is 0.730. The summed E-state index contributed by atoms with van der Waals surface area (Å²) in [7, 11) is 4.42. The fourth-order valence-corrected chi connectivity index (χ4v) is 2.81. The SMILES string of the molecule is CC(C)CCC(C)NCCN1CCCC(N(C)C)C1. The summed E-state index contributed by atoms with van der Waals surface area (Å²) in [5.41, 5.74) is 0. The molecule has 1 N–H and O–H groups in total. The molecule has 1 heterocycles. The van der Waals surface area contributed by atoms with Crippen LogP contribution in [0.5, 0.6) is 0 Å². The Morgan fingerprint density at radius 3 is 2.58 bits per heavy atom. The average molecular weight is 269 g/mol. The van der Waals surface area contributed by atoms with Crippen LogP contribution in [0.1, 0.15) is 46.5 Å². The molecule has 1 fully saturated rings. The normalized spacial score (nSPS) is 23.2. The van der Waals surface area contributed by atoms with E-state index in [0.717, 1.165) is 18.5 Å². The van der Waals surface area contributed by atoms with Gasteiger partial charge < -0.3 is 15.1 Å². The predicted octanol–water partition coefficient (Wildman–Crippen LogP) is 2.43. The molecule has 3 heteroatoms. The lowest BCUT2D eigenvalue weighted by Crippen LogP contribution is -2.47. The minimum atomic E-state index is 0.664. The first-order chi connectivity index (χ1) is 8.99. The minimum absolute atomic E-state index is 0.664. The lowest BCUT2D eigenvalue weighted by molar-refractivity contribution is 0.133. The van der Waals surface area contributed by atoms with Gasteiger partial charge in [0, 0.05) is 31.7 Å². The molecule has 2 unspecified atom stereocenters. The Bertz CT molecular complexity index is 228. The summed E-state index contributed by atoms with van der Waals surface area (Å²) in [5, 5.41) is 3.67. The van der Waals surface area contributed by atoms with Gasteiger partial charge in [-0.25, -0.2) is 0 Å². The Balaban J connectivity index is 2.11. The van der Waals surface area contributed by atoms with Crippen LogP contribution in [0.25, 0.3) is 0 Å². The maximum atomic E-state index is 3.67. The average Bonchev–Trinajstić information content (AvgIpc) is 2.36. The lowest BCUT2D eigenvalue weighted by Gasteiger charge is -2.36. The summed E-state index contributed by atoms with van der Waals surface area (Å²) in [6.07, 6.45) is 5.35. The summed E-state index contributed by atoms with van der Waals surface area (Å²) in [6, 6.07) is 1.42. The Hall–Kier alpha value is -0.120. The van der Waals surface area contributed by atoms with Crippen molar-refractivity contribution in [3.63, 3.8) is 0 Å². The van der Waals surface area contributed by atoms with Gasteiger partial charge in [0.25, 0.3) is 0 Å². The highest BCUT2D eigenvalue weighted by atomic mass is 15.2. The van der Waals surface area contributed by atoms with Gasteiger partial charge in [0.2, 0.25) is 0 Å². The molecule has 0 bridgehead atoms. The monoisotopic (exact) mass is 269 g/mol. The molecule has 1 saturated heterocycles. The molecule has 0 radical (unpaired) electrons. The second-order valence-corrected chi connectivity index (χ2v) is 6.89. The van der Waals surface area contributed by atoms with E-state index < -0.39 is 0 Å². The predicted molar refractivity (Wildman–Crippen MR) is 84.7 cm³/mol. The summed E-state index contributed by atoms with van der Waals surface area (Å²) >= 11 is 0. The van der Waals surface area contributed by atoms with Gasteiger partial charge in [-0.05, 0) is 59.2 Å². The number of hydrogen-bond acceptors (Lipinski definition) is 3. The van der Waals surface area contributed by atoms with Gasteiger partial charge in [0.15, 0.2) is 0 Å².